The molecule has 0 spiro atoms. The van der Waals surface area contributed by atoms with Crippen LogP contribution in [0.4, 0.5) is 4.79 Å². The van der Waals surface area contributed by atoms with Gasteiger partial charge in [0.25, 0.3) is 0 Å². The zero-order valence-electron chi connectivity index (χ0n) is 13.6. The van der Waals surface area contributed by atoms with Crippen molar-refractivity contribution in [2.75, 3.05) is 79.7 Å². The van der Waals surface area contributed by atoms with Gasteiger partial charge in [0.1, 0.15) is 6.61 Å². The Balaban J connectivity index is 3.12. The fraction of sp³-hybridized carbons (Fsp3) is 0.929. The molecule has 0 rings (SSSR count). The van der Waals surface area contributed by atoms with Gasteiger partial charge in [0.05, 0.1) is 52.9 Å². The van der Waals surface area contributed by atoms with Gasteiger partial charge >= 0.3 is 6.09 Å². The van der Waals surface area contributed by atoms with E-state index in [9.17, 15) is 4.79 Å². The minimum Gasteiger partial charge on any atom is -0.447 e. The monoisotopic (exact) mass is 323 g/mol. The molecular weight excluding hydrogens is 294 g/mol. The summed E-state index contributed by atoms with van der Waals surface area (Å²) in [5.41, 5.74) is 0. The Morgan fingerprint density at radius 2 is 1.32 bits per heavy atom. The Kier molecular flexibility index (Phi) is 17.4. The van der Waals surface area contributed by atoms with Crippen molar-refractivity contribution in [1.82, 2.24) is 5.32 Å². The first-order chi connectivity index (χ1) is 10.8. The van der Waals surface area contributed by atoms with Crippen LogP contribution in [0.3, 0.4) is 0 Å². The highest BCUT2D eigenvalue weighted by Crippen LogP contribution is 1.84. The first-order valence-electron chi connectivity index (χ1n) is 7.51. The molecule has 8 heteroatoms. The van der Waals surface area contributed by atoms with Gasteiger partial charge in [-0.2, -0.15) is 0 Å². The molecular formula is C14H29NO7. The minimum absolute atomic E-state index is 0.204. The molecule has 0 aromatic carbocycles. The molecule has 0 aliphatic heterocycles. The third-order valence-electron chi connectivity index (χ3n) is 2.36. The quantitative estimate of drug-likeness (QED) is 0.413. The molecule has 0 unspecified atom stereocenters. The summed E-state index contributed by atoms with van der Waals surface area (Å²) in [5, 5.41) is 2.57. The van der Waals surface area contributed by atoms with Gasteiger partial charge in [-0.15, -0.1) is 0 Å². The molecule has 0 aliphatic carbocycles. The van der Waals surface area contributed by atoms with Crippen LogP contribution in [0.15, 0.2) is 0 Å². The van der Waals surface area contributed by atoms with Crippen molar-refractivity contribution in [3.63, 3.8) is 0 Å². The van der Waals surface area contributed by atoms with Crippen molar-refractivity contribution >= 4 is 6.09 Å². The molecule has 0 bridgehead atoms. The molecule has 0 aromatic heterocycles. The highest BCUT2D eigenvalue weighted by atomic mass is 16.6. The van der Waals surface area contributed by atoms with Gasteiger partial charge in [-0.1, -0.05) is 0 Å². The minimum atomic E-state index is -0.480. The summed E-state index contributed by atoms with van der Waals surface area (Å²) in [5.74, 6) is 0. The second-order valence-electron chi connectivity index (χ2n) is 4.09. The van der Waals surface area contributed by atoms with E-state index in [1.54, 1.807) is 7.11 Å². The summed E-state index contributed by atoms with van der Waals surface area (Å²) >= 11 is 0. The lowest BCUT2D eigenvalue weighted by atomic mass is 10.6. The van der Waals surface area contributed by atoms with Crippen LogP contribution < -0.4 is 5.32 Å². The van der Waals surface area contributed by atoms with E-state index in [1.807, 2.05) is 6.92 Å². The third kappa shape index (κ3) is 17.1. The second kappa shape index (κ2) is 18.1. The van der Waals surface area contributed by atoms with Gasteiger partial charge in [0.15, 0.2) is 0 Å². The molecule has 132 valence electrons. The number of alkyl carbamates (subject to hydrolysis) is 1. The molecule has 22 heavy (non-hydrogen) atoms. The van der Waals surface area contributed by atoms with Gasteiger partial charge in [-0.05, 0) is 6.92 Å². The summed E-state index contributed by atoms with van der Waals surface area (Å²) in [7, 11) is 1.61. The predicted molar refractivity (Wildman–Crippen MR) is 80.2 cm³/mol. The highest BCUT2D eigenvalue weighted by Gasteiger charge is 2.00. The Morgan fingerprint density at radius 3 is 1.95 bits per heavy atom. The van der Waals surface area contributed by atoms with Crippen molar-refractivity contribution in [2.45, 2.75) is 6.92 Å². The lowest BCUT2D eigenvalue weighted by Gasteiger charge is -2.08. The highest BCUT2D eigenvalue weighted by molar-refractivity contribution is 5.66. The summed E-state index contributed by atoms with van der Waals surface area (Å²) in [6, 6.07) is 0. The van der Waals surface area contributed by atoms with Crippen LogP contribution in [0.5, 0.6) is 0 Å². The molecule has 0 saturated heterocycles. The second-order valence-corrected chi connectivity index (χ2v) is 4.09. The lowest BCUT2D eigenvalue weighted by Crippen LogP contribution is -2.29. The van der Waals surface area contributed by atoms with E-state index in [4.69, 9.17) is 28.4 Å². The molecule has 0 radical (unpaired) electrons. The zero-order valence-corrected chi connectivity index (χ0v) is 13.6. The molecule has 0 saturated carbocycles. The van der Waals surface area contributed by atoms with E-state index in [1.165, 1.54) is 0 Å². The van der Waals surface area contributed by atoms with E-state index in [0.29, 0.717) is 66.0 Å². The van der Waals surface area contributed by atoms with Crippen molar-refractivity contribution < 1.29 is 33.2 Å². The average Bonchev–Trinajstić information content (AvgIpc) is 2.52. The molecule has 0 aromatic rings. The van der Waals surface area contributed by atoms with Crippen molar-refractivity contribution in [3.05, 3.63) is 0 Å². The van der Waals surface area contributed by atoms with E-state index in [0.717, 1.165) is 0 Å². The fourth-order valence-corrected chi connectivity index (χ4v) is 1.30. The standard InChI is InChI=1S/C14H29NO7/c1-3-18-8-9-20-10-11-21-12-13-22-14(16)15-4-5-19-7-6-17-2/h3-13H2,1-2H3,(H,15,16). The third-order valence-corrected chi connectivity index (χ3v) is 2.36. The predicted octanol–water partition coefficient (Wildman–Crippen LogP) is 0.445. The summed E-state index contributed by atoms with van der Waals surface area (Å²) < 4.78 is 30.6. The topological polar surface area (TPSA) is 84.5 Å². The van der Waals surface area contributed by atoms with Crippen molar-refractivity contribution in [2.24, 2.45) is 0 Å². The van der Waals surface area contributed by atoms with Gasteiger partial charge in [-0.25, -0.2) is 4.79 Å². The van der Waals surface area contributed by atoms with Crippen molar-refractivity contribution in [3.8, 4) is 0 Å². The first kappa shape index (κ1) is 21.1. The van der Waals surface area contributed by atoms with E-state index in [2.05, 4.69) is 5.32 Å². The molecule has 0 aliphatic rings. The number of carbonyl (C=O) groups is 1. The smallest absolute Gasteiger partial charge is 0.407 e. The number of rotatable bonds is 16. The Labute approximate surface area is 132 Å². The van der Waals surface area contributed by atoms with E-state index < -0.39 is 6.09 Å². The number of amides is 1. The number of nitrogens with one attached hydrogen (secondary N) is 1. The molecule has 1 amide bonds. The molecule has 0 heterocycles. The first-order valence-corrected chi connectivity index (χ1v) is 7.51. The van der Waals surface area contributed by atoms with E-state index >= 15 is 0 Å². The summed E-state index contributed by atoms with van der Waals surface area (Å²) in [4.78, 5) is 11.3. The van der Waals surface area contributed by atoms with Gasteiger partial charge in [0, 0.05) is 20.3 Å². The van der Waals surface area contributed by atoms with Crippen LogP contribution in [-0.4, -0.2) is 85.8 Å². The van der Waals surface area contributed by atoms with Crippen molar-refractivity contribution in [1.29, 1.82) is 0 Å². The van der Waals surface area contributed by atoms with Crippen LogP contribution in [0, 0.1) is 0 Å². The Morgan fingerprint density at radius 1 is 0.773 bits per heavy atom. The van der Waals surface area contributed by atoms with Crippen LogP contribution in [0.2, 0.25) is 0 Å². The van der Waals surface area contributed by atoms with Crippen LogP contribution in [0.25, 0.3) is 0 Å². The average molecular weight is 323 g/mol. The Bertz CT molecular complexity index is 241. The number of hydrogen-bond donors (Lipinski definition) is 1. The number of hydrogen-bond acceptors (Lipinski definition) is 7. The van der Waals surface area contributed by atoms with Gasteiger partial charge in [-0.3, -0.25) is 0 Å². The summed E-state index contributed by atoms with van der Waals surface area (Å²) in [6.07, 6.45) is -0.480. The molecule has 0 fully saturated rings. The number of carbonyl (C=O) groups excluding carboxylic acids is 1. The lowest BCUT2D eigenvalue weighted by molar-refractivity contribution is 0.00726. The van der Waals surface area contributed by atoms with Crippen LogP contribution in [0.1, 0.15) is 6.92 Å². The largest absolute Gasteiger partial charge is 0.447 e. The molecule has 8 nitrogen and oxygen atoms in total. The maximum atomic E-state index is 11.3. The maximum Gasteiger partial charge on any atom is 0.407 e. The SMILES string of the molecule is CCOCCOCCOCCOC(=O)NCCOCCOC. The van der Waals surface area contributed by atoms with Crippen LogP contribution in [-0.2, 0) is 28.4 Å². The number of methoxy groups -OCH3 is 1. The Hall–Kier alpha value is -0.930. The van der Waals surface area contributed by atoms with Crippen LogP contribution >= 0.6 is 0 Å². The normalized spacial score (nSPS) is 10.6. The zero-order chi connectivity index (χ0) is 16.3. The van der Waals surface area contributed by atoms with Gasteiger partial charge < -0.3 is 33.7 Å². The maximum absolute atomic E-state index is 11.3. The summed E-state index contributed by atoms with van der Waals surface area (Å²) in [6.45, 7) is 7.16. The fourth-order valence-electron chi connectivity index (χ4n) is 1.30. The number of ether oxygens (including phenoxy) is 6. The van der Waals surface area contributed by atoms with Gasteiger partial charge in [0.2, 0.25) is 0 Å². The molecule has 1 N–H and O–H groups in total. The molecule has 0 atom stereocenters. The van der Waals surface area contributed by atoms with E-state index in [-0.39, 0.29) is 6.61 Å².